The molecule has 2 aromatic heterocycles. The minimum Gasteiger partial charge on any atom is -0.481 e. The van der Waals surface area contributed by atoms with Gasteiger partial charge in [0.2, 0.25) is 10.0 Å². The van der Waals surface area contributed by atoms with Gasteiger partial charge in [-0.25, -0.2) is 13.2 Å². The van der Waals surface area contributed by atoms with Crippen LogP contribution >= 0.6 is 0 Å². The van der Waals surface area contributed by atoms with E-state index in [1.807, 2.05) is 6.92 Å². The molecule has 0 bridgehead atoms. The monoisotopic (exact) mass is 520 g/mol. The van der Waals surface area contributed by atoms with Crippen LogP contribution in [0.3, 0.4) is 0 Å². The Balaban J connectivity index is 0.000000538. The number of aromatic amines is 2. The van der Waals surface area contributed by atoms with Crippen LogP contribution in [0.1, 0.15) is 47.0 Å². The number of aromatic nitrogens is 2. The molecule has 196 valence electrons. The fourth-order valence-electron chi connectivity index (χ4n) is 3.88. The molecule has 1 amide bonds. The second kappa shape index (κ2) is 10.7. The molecule has 4 rings (SSSR count). The number of carbonyl (C=O) groups is 2. The van der Waals surface area contributed by atoms with Crippen LogP contribution < -0.4 is 10.9 Å². The van der Waals surface area contributed by atoms with Crippen LogP contribution in [0.25, 0.3) is 21.8 Å². The minimum atomic E-state index is -3.76. The Hall–Kier alpha value is -3.38. The van der Waals surface area contributed by atoms with E-state index < -0.39 is 27.7 Å². The number of pyridine rings is 1. The molecule has 4 N–H and O–H groups in total. The van der Waals surface area contributed by atoms with Gasteiger partial charge >= 0.3 is 12.1 Å². The average molecular weight is 521 g/mol. The topological polar surface area (TPSA) is 162 Å². The number of aliphatic carboxylic acids is 1. The first-order valence-corrected chi connectivity index (χ1v) is 13.1. The molecule has 0 saturated carbocycles. The van der Waals surface area contributed by atoms with Crippen molar-refractivity contribution in [2.45, 2.75) is 63.5 Å². The zero-order valence-electron chi connectivity index (χ0n) is 20.8. The summed E-state index contributed by atoms with van der Waals surface area (Å²) in [7, 11) is -3.76. The summed E-state index contributed by atoms with van der Waals surface area (Å²) in [6.45, 7) is 7.62. The summed E-state index contributed by atoms with van der Waals surface area (Å²) in [5.74, 6) is -0.711. The van der Waals surface area contributed by atoms with Crippen LogP contribution in [-0.4, -0.2) is 64.6 Å². The van der Waals surface area contributed by atoms with Gasteiger partial charge in [0.1, 0.15) is 11.1 Å². The summed E-state index contributed by atoms with van der Waals surface area (Å²) < 4.78 is 33.0. The maximum absolute atomic E-state index is 13.2. The molecule has 3 heterocycles. The van der Waals surface area contributed by atoms with Crippen LogP contribution in [0, 0.1) is 0 Å². The van der Waals surface area contributed by atoms with Crippen molar-refractivity contribution in [1.82, 2.24) is 19.6 Å². The van der Waals surface area contributed by atoms with Gasteiger partial charge in [-0.2, -0.15) is 4.31 Å². The summed E-state index contributed by atoms with van der Waals surface area (Å²) in [6.07, 6.45) is 2.61. The predicted octanol–water partition coefficient (Wildman–Crippen LogP) is 3.17. The van der Waals surface area contributed by atoms with Crippen molar-refractivity contribution in [3.05, 3.63) is 40.8 Å². The molecular formula is C24H32N4O7S. The number of alkyl carbamates (subject to hydrolysis) is 1. The lowest BCUT2D eigenvalue weighted by Crippen LogP contribution is -2.41. The number of ether oxygens (including phenoxy) is 1. The van der Waals surface area contributed by atoms with E-state index in [1.165, 1.54) is 10.4 Å². The van der Waals surface area contributed by atoms with Gasteiger partial charge in [-0.15, -0.1) is 0 Å². The number of fused-ring (bicyclic) bond motifs is 3. The minimum absolute atomic E-state index is 0.141. The molecule has 0 radical (unpaired) electrons. The predicted molar refractivity (Wildman–Crippen MR) is 136 cm³/mol. The first-order valence-electron chi connectivity index (χ1n) is 11.7. The highest BCUT2D eigenvalue weighted by atomic mass is 32.2. The van der Waals surface area contributed by atoms with E-state index >= 15 is 0 Å². The van der Waals surface area contributed by atoms with Crippen LogP contribution in [0.4, 0.5) is 4.79 Å². The molecule has 1 saturated heterocycles. The zero-order valence-corrected chi connectivity index (χ0v) is 21.6. The first kappa shape index (κ1) is 27.2. The van der Waals surface area contributed by atoms with Gasteiger partial charge in [0.15, 0.2) is 0 Å². The second-order valence-corrected chi connectivity index (χ2v) is 11.5. The van der Waals surface area contributed by atoms with Crippen molar-refractivity contribution in [2.24, 2.45) is 0 Å². The van der Waals surface area contributed by atoms with E-state index in [-0.39, 0.29) is 23.0 Å². The molecule has 0 unspecified atom stereocenters. The molecule has 0 spiro atoms. The number of nitrogens with zero attached hydrogens (tertiary/aromatic N) is 1. The summed E-state index contributed by atoms with van der Waals surface area (Å²) in [6, 6.07) is 6.09. The van der Waals surface area contributed by atoms with E-state index in [4.69, 9.17) is 9.84 Å². The number of amides is 1. The van der Waals surface area contributed by atoms with Gasteiger partial charge in [0.05, 0.1) is 4.90 Å². The molecule has 1 atom stereocenters. The Kier molecular flexibility index (Phi) is 8.09. The normalized spacial score (nSPS) is 16.5. The zero-order chi connectivity index (χ0) is 26.7. The van der Waals surface area contributed by atoms with Crippen LogP contribution in [0.15, 0.2) is 40.2 Å². The van der Waals surface area contributed by atoms with Crippen molar-refractivity contribution in [3.8, 4) is 0 Å². The first-order chi connectivity index (χ1) is 16.8. The number of rotatable bonds is 5. The Bertz CT molecular complexity index is 1420. The molecule has 1 aromatic carbocycles. The lowest BCUT2D eigenvalue weighted by atomic mass is 10.1. The molecule has 3 aromatic rings. The Morgan fingerprint density at radius 2 is 1.94 bits per heavy atom. The van der Waals surface area contributed by atoms with Crippen LogP contribution in [-0.2, 0) is 19.6 Å². The molecule has 11 nitrogen and oxygen atoms in total. The standard InChI is InChI=1S/C20H24N4O5S.C4H8O2/c1-20(2,3)29-19(26)22-12-7-9-24(11-12)30(27,28)13-4-5-16-15(10-13)14-6-8-21-17(14)18(25)23-16;1-2-3-4(5)6/h4-6,8,10,12,21H,7,9,11H2,1-3H3,(H,22,26)(H,23,25);2-3H2,1H3,(H,5,6)/t12-;/m0./s1. The maximum atomic E-state index is 13.2. The van der Waals surface area contributed by atoms with E-state index in [9.17, 15) is 22.8 Å². The number of hydrogen-bond acceptors (Lipinski definition) is 6. The van der Waals surface area contributed by atoms with Gasteiger partial charge in [-0.3, -0.25) is 9.59 Å². The van der Waals surface area contributed by atoms with E-state index in [1.54, 1.807) is 45.2 Å². The number of carbonyl (C=O) groups excluding carboxylic acids is 1. The Labute approximate surface area is 208 Å². The van der Waals surface area contributed by atoms with Crippen molar-refractivity contribution < 1.29 is 27.9 Å². The van der Waals surface area contributed by atoms with Crippen LogP contribution in [0.2, 0.25) is 0 Å². The van der Waals surface area contributed by atoms with E-state index in [0.29, 0.717) is 41.2 Å². The Morgan fingerprint density at radius 3 is 2.56 bits per heavy atom. The third kappa shape index (κ3) is 6.43. The van der Waals surface area contributed by atoms with Gasteiger partial charge in [-0.05, 0) is 57.9 Å². The highest BCUT2D eigenvalue weighted by Gasteiger charge is 2.34. The quantitative estimate of drug-likeness (QED) is 0.402. The maximum Gasteiger partial charge on any atom is 0.407 e. The lowest BCUT2D eigenvalue weighted by Gasteiger charge is -2.22. The number of nitrogens with one attached hydrogen (secondary N) is 3. The van der Waals surface area contributed by atoms with Crippen molar-refractivity contribution in [2.75, 3.05) is 13.1 Å². The number of sulfonamides is 1. The molecule has 1 aliphatic heterocycles. The highest BCUT2D eigenvalue weighted by molar-refractivity contribution is 7.89. The summed E-state index contributed by atoms with van der Waals surface area (Å²) in [4.78, 5) is 39.5. The molecule has 36 heavy (non-hydrogen) atoms. The smallest absolute Gasteiger partial charge is 0.407 e. The highest BCUT2D eigenvalue weighted by Crippen LogP contribution is 2.27. The number of benzene rings is 1. The molecule has 0 aliphatic carbocycles. The third-order valence-corrected chi connectivity index (χ3v) is 7.34. The van der Waals surface area contributed by atoms with Crippen LogP contribution in [0.5, 0.6) is 0 Å². The molecular weight excluding hydrogens is 488 g/mol. The van der Waals surface area contributed by atoms with Gasteiger partial charge < -0.3 is 25.1 Å². The fraction of sp³-hybridized carbons (Fsp3) is 0.458. The lowest BCUT2D eigenvalue weighted by molar-refractivity contribution is -0.137. The largest absolute Gasteiger partial charge is 0.481 e. The summed E-state index contributed by atoms with van der Waals surface area (Å²) in [5, 5.41) is 12.0. The molecule has 12 heteroatoms. The van der Waals surface area contributed by atoms with Gasteiger partial charge in [-0.1, -0.05) is 6.92 Å². The van der Waals surface area contributed by atoms with Gasteiger partial charge in [0, 0.05) is 48.0 Å². The second-order valence-electron chi connectivity index (χ2n) is 9.57. The fourth-order valence-corrected chi connectivity index (χ4v) is 5.41. The van der Waals surface area contributed by atoms with E-state index in [0.717, 1.165) is 6.42 Å². The number of carboxylic acid groups (broad SMARTS) is 1. The summed E-state index contributed by atoms with van der Waals surface area (Å²) in [5.41, 5.74) is 0.0925. The summed E-state index contributed by atoms with van der Waals surface area (Å²) >= 11 is 0. The molecule has 1 aliphatic rings. The van der Waals surface area contributed by atoms with Gasteiger partial charge in [0.25, 0.3) is 5.56 Å². The average Bonchev–Trinajstić information content (AvgIpc) is 3.43. The molecule has 1 fully saturated rings. The van der Waals surface area contributed by atoms with Crippen molar-refractivity contribution in [1.29, 1.82) is 0 Å². The third-order valence-electron chi connectivity index (χ3n) is 5.48. The van der Waals surface area contributed by atoms with Crippen molar-refractivity contribution in [3.63, 3.8) is 0 Å². The SMILES string of the molecule is CC(C)(C)OC(=O)N[C@H]1CCN(S(=O)(=O)c2ccc3[nH]c(=O)c4[nH]ccc4c3c2)C1.CCCC(=O)O. The number of carboxylic acids is 1. The van der Waals surface area contributed by atoms with E-state index in [2.05, 4.69) is 15.3 Å². The number of H-pyrrole nitrogens is 2. The van der Waals surface area contributed by atoms with Crippen molar-refractivity contribution >= 4 is 43.9 Å². The Morgan fingerprint density at radius 1 is 1.22 bits per heavy atom. The number of hydrogen-bond donors (Lipinski definition) is 4.